The number of pyridine rings is 2. The largest absolute Gasteiger partial charge is 1.00 e. The molecule has 0 radical (unpaired) electrons. The summed E-state index contributed by atoms with van der Waals surface area (Å²) < 4.78 is 45.9. The normalized spacial score (nSPS) is 11.0. The SMILES string of the molecule is CCS(=O)(=O)c1ccc(Cl)nc1C(=O)O.CCS(=O)(=O)c1ccc(Cl)nc1C(=O)[O-].[K+]. The molecule has 0 amide bonds. The van der Waals surface area contributed by atoms with Gasteiger partial charge in [0.25, 0.3) is 0 Å². The van der Waals surface area contributed by atoms with Gasteiger partial charge in [0.15, 0.2) is 25.4 Å². The maximum absolute atomic E-state index is 11.5. The molecule has 0 spiro atoms. The molecule has 0 aliphatic heterocycles. The van der Waals surface area contributed by atoms with E-state index in [0.29, 0.717) is 0 Å². The van der Waals surface area contributed by atoms with Crippen LogP contribution in [0.4, 0.5) is 0 Å². The van der Waals surface area contributed by atoms with Crippen LogP contribution in [0.5, 0.6) is 0 Å². The minimum atomic E-state index is -3.63. The summed E-state index contributed by atoms with van der Waals surface area (Å²) in [5.74, 6) is -3.47. The molecule has 2 heterocycles. The molecule has 2 aromatic rings. The van der Waals surface area contributed by atoms with E-state index in [4.69, 9.17) is 28.3 Å². The number of carboxylic acids is 2. The maximum Gasteiger partial charge on any atom is 1.00 e. The number of aromatic nitrogens is 2. The van der Waals surface area contributed by atoms with E-state index in [0.717, 1.165) is 12.1 Å². The molecule has 1 N–H and O–H groups in total. The average Bonchev–Trinajstić information content (AvgIpc) is 2.67. The van der Waals surface area contributed by atoms with Crippen molar-refractivity contribution in [3.63, 3.8) is 0 Å². The zero-order valence-electron chi connectivity index (χ0n) is 16.5. The summed E-state index contributed by atoms with van der Waals surface area (Å²) in [4.78, 5) is 27.6. The van der Waals surface area contributed by atoms with E-state index in [-0.39, 0.29) is 83.0 Å². The minimum Gasteiger partial charge on any atom is -0.543 e. The number of aromatic carboxylic acids is 2. The van der Waals surface area contributed by atoms with Crippen molar-refractivity contribution in [2.45, 2.75) is 23.6 Å². The van der Waals surface area contributed by atoms with E-state index in [1.54, 1.807) is 0 Å². The monoisotopic (exact) mass is 536 g/mol. The van der Waals surface area contributed by atoms with Crippen molar-refractivity contribution in [3.8, 4) is 0 Å². The number of rotatable bonds is 6. The second-order valence-electron chi connectivity index (χ2n) is 5.36. The summed E-state index contributed by atoms with van der Waals surface area (Å²) in [6.07, 6.45) is 0. The molecular weight excluding hydrogens is 522 g/mol. The number of carboxylic acid groups (broad SMARTS) is 2. The number of halogens is 2. The number of hydrogen-bond donors (Lipinski definition) is 1. The predicted molar refractivity (Wildman–Crippen MR) is 105 cm³/mol. The number of sulfone groups is 2. The Bertz CT molecular complexity index is 1090. The van der Waals surface area contributed by atoms with Crippen molar-refractivity contribution in [2.24, 2.45) is 0 Å². The summed E-state index contributed by atoms with van der Waals surface area (Å²) in [5.41, 5.74) is -1.19. The Kier molecular flexibility index (Phi) is 12.3. The number of hydrogen-bond acceptors (Lipinski definition) is 9. The van der Waals surface area contributed by atoms with E-state index in [1.165, 1.54) is 26.0 Å². The Labute approximate surface area is 231 Å². The van der Waals surface area contributed by atoms with Crippen LogP contribution in [0.2, 0.25) is 10.3 Å². The third-order valence-electron chi connectivity index (χ3n) is 3.47. The molecule has 0 saturated carbocycles. The van der Waals surface area contributed by atoms with Gasteiger partial charge in [-0.15, -0.1) is 0 Å². The van der Waals surface area contributed by atoms with Crippen LogP contribution >= 0.6 is 23.2 Å². The van der Waals surface area contributed by atoms with Crippen LogP contribution in [0.3, 0.4) is 0 Å². The summed E-state index contributed by atoms with van der Waals surface area (Å²) in [7, 11) is -7.23. The van der Waals surface area contributed by atoms with Gasteiger partial charge >= 0.3 is 57.4 Å². The average molecular weight is 537 g/mol. The Hall–Kier alpha value is -0.644. The van der Waals surface area contributed by atoms with Gasteiger partial charge in [-0.1, -0.05) is 37.0 Å². The van der Waals surface area contributed by atoms with E-state index in [2.05, 4.69) is 9.97 Å². The Morgan fingerprint density at radius 1 is 0.871 bits per heavy atom. The molecule has 15 heteroatoms. The van der Waals surface area contributed by atoms with Gasteiger partial charge in [-0.05, 0) is 24.3 Å². The van der Waals surface area contributed by atoms with Gasteiger partial charge in [-0.25, -0.2) is 31.6 Å². The molecular formula is C16H15Cl2KN2O8S2. The van der Waals surface area contributed by atoms with E-state index in [9.17, 15) is 31.5 Å². The molecule has 0 aliphatic carbocycles. The van der Waals surface area contributed by atoms with E-state index >= 15 is 0 Å². The molecule has 0 bridgehead atoms. The number of nitrogens with zero attached hydrogens (tertiary/aromatic N) is 2. The van der Waals surface area contributed by atoms with Gasteiger partial charge in [-0.2, -0.15) is 0 Å². The van der Waals surface area contributed by atoms with Crippen molar-refractivity contribution in [1.82, 2.24) is 9.97 Å². The van der Waals surface area contributed by atoms with Gasteiger partial charge in [0, 0.05) is 0 Å². The fourth-order valence-electron chi connectivity index (χ4n) is 1.96. The maximum atomic E-state index is 11.5. The standard InChI is InChI=1S/2C8H8ClNO4S.K/c2*1-2-15(13,14)5-3-4-6(9)10-7(5)8(11)12;/h2*3-4H,2H2,1H3,(H,11,12);/q;;+1/p-1. The van der Waals surface area contributed by atoms with Crippen LogP contribution < -0.4 is 56.5 Å². The molecule has 0 saturated heterocycles. The van der Waals surface area contributed by atoms with Crippen molar-refractivity contribution in [3.05, 3.63) is 46.0 Å². The van der Waals surface area contributed by atoms with Gasteiger partial charge in [0.2, 0.25) is 0 Å². The summed E-state index contributed by atoms with van der Waals surface area (Å²) in [6, 6.07) is 4.73. The van der Waals surface area contributed by atoms with Gasteiger partial charge < -0.3 is 15.0 Å². The first-order chi connectivity index (χ1) is 13.8. The van der Waals surface area contributed by atoms with Gasteiger partial charge in [0.1, 0.15) is 20.9 Å². The van der Waals surface area contributed by atoms with Gasteiger partial charge in [-0.3, -0.25) is 0 Å². The first kappa shape index (κ1) is 30.4. The van der Waals surface area contributed by atoms with E-state index in [1.807, 2.05) is 0 Å². The van der Waals surface area contributed by atoms with E-state index < -0.39 is 43.0 Å². The first-order valence-electron chi connectivity index (χ1n) is 8.00. The third kappa shape index (κ3) is 8.33. The quantitative estimate of drug-likeness (QED) is 0.325. The van der Waals surface area contributed by atoms with Crippen molar-refractivity contribution < 1.29 is 88.0 Å². The zero-order valence-corrected chi connectivity index (χ0v) is 22.8. The molecule has 2 rings (SSSR count). The van der Waals surface area contributed by atoms with Gasteiger partial charge in [0.05, 0.1) is 22.4 Å². The molecule has 0 fully saturated rings. The van der Waals surface area contributed by atoms with Crippen molar-refractivity contribution >= 4 is 54.8 Å². The second kappa shape index (κ2) is 12.6. The molecule has 0 aliphatic rings. The summed E-state index contributed by atoms with van der Waals surface area (Å²) in [6.45, 7) is 2.83. The molecule has 0 aromatic carbocycles. The van der Waals surface area contributed by atoms with Crippen LogP contribution in [0.25, 0.3) is 0 Å². The minimum absolute atomic E-state index is 0. The van der Waals surface area contributed by atoms with Crippen molar-refractivity contribution in [2.75, 3.05) is 11.5 Å². The Balaban J connectivity index is 0.000000562. The molecule has 2 aromatic heterocycles. The number of carbonyl (C=O) groups is 2. The molecule has 31 heavy (non-hydrogen) atoms. The summed E-state index contributed by atoms with van der Waals surface area (Å²) in [5, 5.41) is 19.3. The smallest absolute Gasteiger partial charge is 0.543 e. The fraction of sp³-hybridized carbons (Fsp3) is 0.250. The van der Waals surface area contributed by atoms with Crippen LogP contribution in [-0.4, -0.2) is 55.4 Å². The fourth-order valence-corrected chi connectivity index (χ4v) is 4.28. The Morgan fingerprint density at radius 2 is 1.23 bits per heavy atom. The Morgan fingerprint density at radius 3 is 1.55 bits per heavy atom. The van der Waals surface area contributed by atoms with Crippen LogP contribution in [0, 0.1) is 0 Å². The molecule has 0 atom stereocenters. The molecule has 0 unspecified atom stereocenters. The number of carbonyl (C=O) groups excluding carboxylic acids is 1. The third-order valence-corrected chi connectivity index (χ3v) is 7.41. The topological polar surface area (TPSA) is 171 Å². The summed E-state index contributed by atoms with van der Waals surface area (Å²) >= 11 is 10.9. The zero-order chi connectivity index (χ0) is 23.3. The van der Waals surface area contributed by atoms with Crippen molar-refractivity contribution in [1.29, 1.82) is 0 Å². The predicted octanol–water partition coefficient (Wildman–Crippen LogP) is -1.88. The van der Waals surface area contributed by atoms with Crippen LogP contribution in [0.1, 0.15) is 34.8 Å². The van der Waals surface area contributed by atoms with Crippen LogP contribution in [-0.2, 0) is 19.7 Å². The molecule has 10 nitrogen and oxygen atoms in total. The van der Waals surface area contributed by atoms with Crippen LogP contribution in [0.15, 0.2) is 34.1 Å². The second-order valence-corrected chi connectivity index (χ2v) is 10.6. The molecule has 164 valence electrons. The first-order valence-corrected chi connectivity index (χ1v) is 12.1.